The highest BCUT2D eigenvalue weighted by molar-refractivity contribution is 9.09. The van der Waals surface area contributed by atoms with Crippen LogP contribution in [0.4, 0.5) is 0 Å². The Kier molecular flexibility index (Phi) is 3.78. The van der Waals surface area contributed by atoms with Gasteiger partial charge in [-0.2, -0.15) is 0 Å². The molecule has 2 nitrogen and oxygen atoms in total. The van der Waals surface area contributed by atoms with E-state index < -0.39 is 0 Å². The highest BCUT2D eigenvalue weighted by atomic mass is 79.9. The molecule has 1 aromatic rings. The maximum atomic E-state index is 5.94. The first-order valence-electron chi connectivity index (χ1n) is 5.19. The highest BCUT2D eigenvalue weighted by Gasteiger charge is 2.28. The summed E-state index contributed by atoms with van der Waals surface area (Å²) < 4.78 is 11.3. The van der Waals surface area contributed by atoms with Gasteiger partial charge in [0.2, 0.25) is 0 Å². The van der Waals surface area contributed by atoms with E-state index in [1.54, 1.807) is 0 Å². The first-order valence-corrected chi connectivity index (χ1v) is 6.11. The molecule has 1 aromatic carbocycles. The number of hydrogen-bond acceptors (Lipinski definition) is 2. The van der Waals surface area contributed by atoms with Crippen molar-refractivity contribution in [1.82, 2.24) is 0 Å². The zero-order chi connectivity index (χ0) is 10.7. The molecule has 1 heterocycles. The monoisotopic (exact) mass is 270 g/mol. The van der Waals surface area contributed by atoms with Gasteiger partial charge in [0.1, 0.15) is 0 Å². The standard InChI is InChI=1S/C12H15BrO2/c1-9(10-5-3-2-4-6-10)15-12-8-14-7-11(12)13/h2-6,9,11-12H,7-8H2,1H3. The van der Waals surface area contributed by atoms with Crippen LogP contribution in [-0.2, 0) is 9.47 Å². The molecule has 0 amide bonds. The minimum absolute atomic E-state index is 0.123. The number of halogens is 1. The number of ether oxygens (including phenoxy) is 2. The van der Waals surface area contributed by atoms with Crippen molar-refractivity contribution >= 4 is 15.9 Å². The van der Waals surface area contributed by atoms with Crippen molar-refractivity contribution < 1.29 is 9.47 Å². The molecular formula is C12H15BrO2. The predicted molar refractivity (Wildman–Crippen MR) is 63.3 cm³/mol. The van der Waals surface area contributed by atoms with E-state index >= 15 is 0 Å². The Labute approximate surface area is 98.7 Å². The van der Waals surface area contributed by atoms with Gasteiger partial charge >= 0.3 is 0 Å². The summed E-state index contributed by atoms with van der Waals surface area (Å²) in [5.41, 5.74) is 1.21. The van der Waals surface area contributed by atoms with Crippen molar-refractivity contribution in [3.63, 3.8) is 0 Å². The van der Waals surface area contributed by atoms with E-state index in [9.17, 15) is 0 Å². The lowest BCUT2D eigenvalue weighted by molar-refractivity contribution is -0.00544. The van der Waals surface area contributed by atoms with E-state index in [0.29, 0.717) is 11.4 Å². The van der Waals surface area contributed by atoms with E-state index in [1.807, 2.05) is 18.2 Å². The fraction of sp³-hybridized carbons (Fsp3) is 0.500. The van der Waals surface area contributed by atoms with Crippen molar-refractivity contribution in [2.24, 2.45) is 0 Å². The molecular weight excluding hydrogens is 256 g/mol. The second kappa shape index (κ2) is 5.10. The molecule has 0 N–H and O–H groups in total. The molecule has 3 unspecified atom stereocenters. The van der Waals surface area contributed by atoms with Gasteiger partial charge < -0.3 is 9.47 Å². The molecule has 1 aliphatic rings. The van der Waals surface area contributed by atoms with E-state index in [2.05, 4.69) is 35.0 Å². The van der Waals surface area contributed by atoms with Crippen molar-refractivity contribution in [2.45, 2.75) is 24.0 Å². The average molecular weight is 271 g/mol. The van der Waals surface area contributed by atoms with Gasteiger partial charge in [0, 0.05) is 0 Å². The topological polar surface area (TPSA) is 18.5 Å². The smallest absolute Gasteiger partial charge is 0.0963 e. The summed E-state index contributed by atoms with van der Waals surface area (Å²) in [4.78, 5) is 0.323. The molecule has 0 saturated carbocycles. The first-order chi connectivity index (χ1) is 7.27. The van der Waals surface area contributed by atoms with Crippen LogP contribution in [0.15, 0.2) is 30.3 Å². The zero-order valence-corrected chi connectivity index (χ0v) is 10.3. The Morgan fingerprint density at radius 2 is 2.07 bits per heavy atom. The highest BCUT2D eigenvalue weighted by Crippen LogP contribution is 2.24. The average Bonchev–Trinajstić information content (AvgIpc) is 2.66. The third-order valence-corrected chi connectivity index (χ3v) is 3.46. The summed E-state index contributed by atoms with van der Waals surface area (Å²) in [6.45, 7) is 3.51. The lowest BCUT2D eigenvalue weighted by Gasteiger charge is -2.19. The third kappa shape index (κ3) is 2.80. The molecule has 0 aromatic heterocycles. The fourth-order valence-electron chi connectivity index (χ4n) is 1.70. The number of alkyl halides is 1. The maximum absolute atomic E-state index is 5.94. The minimum atomic E-state index is 0.123. The molecule has 1 fully saturated rings. The van der Waals surface area contributed by atoms with Crippen LogP contribution in [0.1, 0.15) is 18.6 Å². The minimum Gasteiger partial charge on any atom is -0.377 e. The molecule has 15 heavy (non-hydrogen) atoms. The molecule has 0 radical (unpaired) electrons. The molecule has 82 valence electrons. The number of hydrogen-bond donors (Lipinski definition) is 0. The van der Waals surface area contributed by atoms with Gasteiger partial charge in [-0.3, -0.25) is 0 Å². The molecule has 1 saturated heterocycles. The van der Waals surface area contributed by atoms with Crippen LogP contribution in [0.3, 0.4) is 0 Å². The Balaban J connectivity index is 1.95. The van der Waals surface area contributed by atoms with Crippen molar-refractivity contribution in [3.05, 3.63) is 35.9 Å². The third-order valence-electron chi connectivity index (χ3n) is 2.61. The van der Waals surface area contributed by atoms with Crippen LogP contribution in [0.5, 0.6) is 0 Å². The van der Waals surface area contributed by atoms with Crippen molar-refractivity contribution in [3.8, 4) is 0 Å². The Hall–Kier alpha value is -0.380. The summed E-state index contributed by atoms with van der Waals surface area (Å²) in [6, 6.07) is 10.3. The Bertz CT molecular complexity index is 302. The first kappa shape index (κ1) is 11.1. The van der Waals surface area contributed by atoms with Crippen LogP contribution < -0.4 is 0 Å². The molecule has 1 aliphatic heterocycles. The molecule has 0 bridgehead atoms. The van der Waals surface area contributed by atoms with Crippen LogP contribution in [0.2, 0.25) is 0 Å². The summed E-state index contributed by atoms with van der Waals surface area (Å²) >= 11 is 3.56. The van der Waals surface area contributed by atoms with Gasteiger partial charge in [0.25, 0.3) is 0 Å². The normalized spacial score (nSPS) is 27.9. The van der Waals surface area contributed by atoms with E-state index in [0.717, 1.165) is 6.61 Å². The van der Waals surface area contributed by atoms with Gasteiger partial charge in [-0.25, -0.2) is 0 Å². The quantitative estimate of drug-likeness (QED) is 0.787. The molecule has 0 aliphatic carbocycles. The lowest BCUT2D eigenvalue weighted by Crippen LogP contribution is -2.23. The van der Waals surface area contributed by atoms with Crippen LogP contribution >= 0.6 is 15.9 Å². The van der Waals surface area contributed by atoms with Crippen molar-refractivity contribution in [2.75, 3.05) is 13.2 Å². The second-order valence-corrected chi connectivity index (χ2v) is 4.96. The molecule has 3 atom stereocenters. The number of benzene rings is 1. The summed E-state index contributed by atoms with van der Waals surface area (Å²) in [5, 5.41) is 0. The summed E-state index contributed by atoms with van der Waals surface area (Å²) in [5.74, 6) is 0. The van der Waals surface area contributed by atoms with Gasteiger partial charge in [0.05, 0.1) is 30.2 Å². The van der Waals surface area contributed by atoms with Crippen LogP contribution in [0, 0.1) is 0 Å². The van der Waals surface area contributed by atoms with E-state index in [4.69, 9.17) is 9.47 Å². The Morgan fingerprint density at radius 1 is 1.33 bits per heavy atom. The van der Waals surface area contributed by atoms with Crippen molar-refractivity contribution in [1.29, 1.82) is 0 Å². The summed E-state index contributed by atoms with van der Waals surface area (Å²) in [6.07, 6.45) is 0.290. The lowest BCUT2D eigenvalue weighted by atomic mass is 10.1. The maximum Gasteiger partial charge on any atom is 0.0963 e. The van der Waals surface area contributed by atoms with Gasteiger partial charge in [0.15, 0.2) is 0 Å². The van der Waals surface area contributed by atoms with Gasteiger partial charge in [-0.1, -0.05) is 46.3 Å². The largest absolute Gasteiger partial charge is 0.377 e. The molecule has 3 heteroatoms. The number of rotatable bonds is 3. The SMILES string of the molecule is CC(OC1COCC1Br)c1ccccc1. The van der Waals surface area contributed by atoms with Crippen LogP contribution in [0.25, 0.3) is 0 Å². The second-order valence-electron chi connectivity index (χ2n) is 3.78. The zero-order valence-electron chi connectivity index (χ0n) is 8.73. The Morgan fingerprint density at radius 3 is 2.67 bits per heavy atom. The fourth-order valence-corrected chi connectivity index (χ4v) is 2.16. The molecule has 2 rings (SSSR count). The van der Waals surface area contributed by atoms with E-state index in [1.165, 1.54) is 5.56 Å². The van der Waals surface area contributed by atoms with Gasteiger partial charge in [-0.15, -0.1) is 0 Å². The van der Waals surface area contributed by atoms with Crippen LogP contribution in [-0.4, -0.2) is 24.1 Å². The predicted octanol–water partition coefficient (Wildman–Crippen LogP) is 2.93. The van der Waals surface area contributed by atoms with Gasteiger partial charge in [-0.05, 0) is 12.5 Å². The summed E-state index contributed by atoms with van der Waals surface area (Å²) in [7, 11) is 0. The molecule has 0 spiro atoms. The van der Waals surface area contributed by atoms with E-state index in [-0.39, 0.29) is 12.2 Å².